The van der Waals surface area contributed by atoms with Crippen LogP contribution in [0.15, 0.2) is 47.3 Å². The van der Waals surface area contributed by atoms with Crippen LogP contribution in [0.2, 0.25) is 0 Å². The minimum atomic E-state index is -0.303. The summed E-state index contributed by atoms with van der Waals surface area (Å²) in [7, 11) is 0. The Morgan fingerprint density at radius 1 is 1.07 bits per heavy atom. The Bertz CT molecular complexity index is 1040. The van der Waals surface area contributed by atoms with Crippen molar-refractivity contribution in [2.75, 3.05) is 5.32 Å². The summed E-state index contributed by atoms with van der Waals surface area (Å²) in [5, 5.41) is 8.45. The fourth-order valence-electron chi connectivity index (χ4n) is 3.20. The minimum absolute atomic E-state index is 0.148. The van der Waals surface area contributed by atoms with Crippen LogP contribution in [0.5, 0.6) is 0 Å². The smallest absolute Gasteiger partial charge is 0.276 e. The number of aromatic nitrogens is 2. The lowest BCUT2D eigenvalue weighted by Crippen LogP contribution is -2.28. The number of hydrogen-bond acceptors (Lipinski definition) is 3. The zero-order valence-corrected chi connectivity index (χ0v) is 16.1. The molecular weight excluding hydrogens is 338 g/mol. The van der Waals surface area contributed by atoms with E-state index < -0.39 is 0 Å². The van der Waals surface area contributed by atoms with Crippen LogP contribution in [0.3, 0.4) is 0 Å². The van der Waals surface area contributed by atoms with E-state index in [1.807, 2.05) is 44.2 Å². The van der Waals surface area contributed by atoms with Gasteiger partial charge in [0.25, 0.3) is 11.5 Å². The van der Waals surface area contributed by atoms with Gasteiger partial charge in [0.15, 0.2) is 5.69 Å². The van der Waals surface area contributed by atoms with Crippen molar-refractivity contribution < 1.29 is 4.79 Å². The first-order valence-electron chi connectivity index (χ1n) is 9.39. The molecule has 1 aromatic heterocycles. The molecule has 1 heterocycles. The van der Waals surface area contributed by atoms with Crippen molar-refractivity contribution in [2.45, 2.75) is 46.6 Å². The van der Waals surface area contributed by atoms with E-state index >= 15 is 0 Å². The van der Waals surface area contributed by atoms with Crippen molar-refractivity contribution in [3.63, 3.8) is 0 Å². The maximum absolute atomic E-state index is 13.0. The largest absolute Gasteiger partial charge is 0.320 e. The van der Waals surface area contributed by atoms with Gasteiger partial charge in [-0.05, 0) is 38.0 Å². The molecule has 5 nitrogen and oxygen atoms in total. The SMILES string of the molecule is CCCCCn1nc(C(=O)Nc2ccc(C)cc2C)c2ccccc2c1=O. The van der Waals surface area contributed by atoms with Crippen molar-refractivity contribution in [2.24, 2.45) is 0 Å². The van der Waals surface area contributed by atoms with E-state index in [1.165, 1.54) is 4.68 Å². The number of unbranched alkanes of at least 4 members (excludes halogenated alkanes) is 2. The first kappa shape index (κ1) is 18.8. The molecule has 0 aliphatic rings. The highest BCUT2D eigenvalue weighted by molar-refractivity contribution is 6.11. The maximum atomic E-state index is 13.0. The molecule has 0 radical (unpaired) electrons. The van der Waals surface area contributed by atoms with Crippen LogP contribution < -0.4 is 10.9 Å². The lowest BCUT2D eigenvalue weighted by Gasteiger charge is -2.12. The van der Waals surface area contributed by atoms with Crippen molar-refractivity contribution in [3.8, 4) is 0 Å². The first-order chi connectivity index (χ1) is 13.0. The number of nitrogens with one attached hydrogen (secondary N) is 1. The fraction of sp³-hybridized carbons (Fsp3) is 0.318. The van der Waals surface area contributed by atoms with Crippen molar-refractivity contribution >= 4 is 22.4 Å². The average Bonchev–Trinajstić information content (AvgIpc) is 2.66. The van der Waals surface area contributed by atoms with Gasteiger partial charge in [0.2, 0.25) is 0 Å². The van der Waals surface area contributed by atoms with Crippen molar-refractivity contribution in [1.29, 1.82) is 0 Å². The molecule has 0 fully saturated rings. The van der Waals surface area contributed by atoms with Gasteiger partial charge in [-0.1, -0.05) is 55.7 Å². The van der Waals surface area contributed by atoms with E-state index in [0.29, 0.717) is 17.3 Å². The van der Waals surface area contributed by atoms with Gasteiger partial charge in [-0.15, -0.1) is 0 Å². The quantitative estimate of drug-likeness (QED) is 0.658. The standard InChI is InChI=1S/C22H25N3O2/c1-4-5-8-13-25-22(27)18-10-7-6-9-17(18)20(24-25)21(26)23-19-12-11-15(2)14-16(19)3/h6-7,9-12,14H,4-5,8,13H2,1-3H3,(H,23,26). The van der Waals surface area contributed by atoms with Crippen LogP contribution in [-0.2, 0) is 6.54 Å². The van der Waals surface area contributed by atoms with Crippen LogP contribution in [0.4, 0.5) is 5.69 Å². The van der Waals surface area contributed by atoms with Gasteiger partial charge in [-0.25, -0.2) is 4.68 Å². The summed E-state index contributed by atoms with van der Waals surface area (Å²) in [5.41, 5.74) is 3.01. The second kappa shape index (κ2) is 8.16. The van der Waals surface area contributed by atoms with Crippen LogP contribution >= 0.6 is 0 Å². The molecule has 1 amide bonds. The van der Waals surface area contributed by atoms with Gasteiger partial charge in [0.05, 0.1) is 5.39 Å². The molecule has 0 spiro atoms. The molecule has 0 saturated carbocycles. The van der Waals surface area contributed by atoms with E-state index in [9.17, 15) is 9.59 Å². The van der Waals surface area contributed by atoms with Gasteiger partial charge in [0.1, 0.15) is 0 Å². The summed E-state index contributed by atoms with van der Waals surface area (Å²) >= 11 is 0. The molecule has 27 heavy (non-hydrogen) atoms. The Hall–Kier alpha value is -2.95. The van der Waals surface area contributed by atoms with Crippen molar-refractivity contribution in [3.05, 3.63) is 69.6 Å². The van der Waals surface area contributed by atoms with Crippen LogP contribution in [-0.4, -0.2) is 15.7 Å². The van der Waals surface area contributed by atoms with E-state index in [1.54, 1.807) is 12.1 Å². The van der Waals surface area contributed by atoms with Crippen LogP contribution in [0.25, 0.3) is 10.8 Å². The van der Waals surface area contributed by atoms with Crippen LogP contribution in [0, 0.1) is 13.8 Å². The fourth-order valence-corrected chi connectivity index (χ4v) is 3.20. The molecule has 0 aliphatic carbocycles. The molecule has 140 valence electrons. The van der Waals surface area contributed by atoms with E-state index in [0.717, 1.165) is 36.1 Å². The summed E-state index contributed by atoms with van der Waals surface area (Å²) in [6.07, 6.45) is 2.94. The third-order valence-electron chi connectivity index (χ3n) is 4.69. The number of amides is 1. The Balaban J connectivity index is 2.02. The summed E-state index contributed by atoms with van der Waals surface area (Å²) in [6.45, 7) is 6.60. The summed E-state index contributed by atoms with van der Waals surface area (Å²) in [6, 6.07) is 13.0. The highest BCUT2D eigenvalue weighted by Gasteiger charge is 2.17. The first-order valence-corrected chi connectivity index (χ1v) is 9.39. The third kappa shape index (κ3) is 4.08. The maximum Gasteiger partial charge on any atom is 0.276 e. The number of rotatable bonds is 6. The van der Waals surface area contributed by atoms with Crippen LogP contribution in [0.1, 0.15) is 47.8 Å². The number of benzene rings is 2. The normalized spacial score (nSPS) is 10.9. The summed E-state index contributed by atoms with van der Waals surface area (Å²) < 4.78 is 1.43. The third-order valence-corrected chi connectivity index (χ3v) is 4.69. The topological polar surface area (TPSA) is 64.0 Å². The van der Waals surface area contributed by atoms with E-state index in [4.69, 9.17) is 0 Å². The van der Waals surface area contributed by atoms with Gasteiger partial charge >= 0.3 is 0 Å². The summed E-state index contributed by atoms with van der Waals surface area (Å²) in [4.78, 5) is 25.7. The number of aryl methyl sites for hydroxylation is 3. The molecule has 5 heteroatoms. The zero-order valence-electron chi connectivity index (χ0n) is 16.1. The van der Waals surface area contributed by atoms with E-state index in [2.05, 4.69) is 17.3 Å². The number of nitrogens with zero attached hydrogens (tertiary/aromatic N) is 2. The minimum Gasteiger partial charge on any atom is -0.320 e. The Morgan fingerprint density at radius 2 is 1.81 bits per heavy atom. The second-order valence-electron chi connectivity index (χ2n) is 6.90. The highest BCUT2D eigenvalue weighted by atomic mass is 16.2. The lowest BCUT2D eigenvalue weighted by molar-refractivity contribution is 0.102. The molecule has 3 aromatic rings. The molecule has 2 aromatic carbocycles. The number of carbonyl (C=O) groups excluding carboxylic acids is 1. The van der Waals surface area contributed by atoms with Gasteiger partial charge < -0.3 is 5.32 Å². The predicted molar refractivity (Wildman–Crippen MR) is 109 cm³/mol. The predicted octanol–water partition coefficient (Wildman–Crippen LogP) is 4.46. The zero-order chi connectivity index (χ0) is 19.4. The molecule has 1 N–H and O–H groups in total. The molecule has 0 saturated heterocycles. The molecule has 0 bridgehead atoms. The Kier molecular flexibility index (Phi) is 5.69. The number of carbonyl (C=O) groups is 1. The number of hydrogen-bond donors (Lipinski definition) is 1. The molecule has 3 rings (SSSR count). The Labute approximate surface area is 159 Å². The molecule has 0 unspecified atom stereocenters. The van der Waals surface area contributed by atoms with Gasteiger partial charge in [0, 0.05) is 17.6 Å². The molecule has 0 aliphatic heterocycles. The monoisotopic (exact) mass is 363 g/mol. The lowest BCUT2D eigenvalue weighted by atomic mass is 10.1. The van der Waals surface area contributed by atoms with Crippen molar-refractivity contribution in [1.82, 2.24) is 9.78 Å². The number of anilines is 1. The summed E-state index contributed by atoms with van der Waals surface area (Å²) in [5.74, 6) is -0.303. The van der Waals surface area contributed by atoms with Gasteiger partial charge in [-0.3, -0.25) is 9.59 Å². The number of fused-ring (bicyclic) bond motifs is 1. The molecular formula is C22H25N3O2. The highest BCUT2D eigenvalue weighted by Crippen LogP contribution is 2.19. The molecule has 0 atom stereocenters. The second-order valence-corrected chi connectivity index (χ2v) is 6.90. The Morgan fingerprint density at radius 3 is 2.52 bits per heavy atom. The van der Waals surface area contributed by atoms with Gasteiger partial charge in [-0.2, -0.15) is 5.10 Å². The average molecular weight is 363 g/mol. The van der Waals surface area contributed by atoms with E-state index in [-0.39, 0.29) is 17.2 Å².